The van der Waals surface area contributed by atoms with Gasteiger partial charge >= 0.3 is 5.69 Å². The van der Waals surface area contributed by atoms with Gasteiger partial charge in [0.2, 0.25) is 0 Å². The second-order valence-electron chi connectivity index (χ2n) is 4.54. The molecule has 0 atom stereocenters. The number of aromatic amines is 1. The number of fused-ring (bicyclic) bond motifs is 1. The molecule has 0 spiro atoms. The van der Waals surface area contributed by atoms with Crippen LogP contribution < -0.4 is 11.0 Å². The van der Waals surface area contributed by atoms with E-state index in [1.165, 1.54) is 36.4 Å². The van der Waals surface area contributed by atoms with Gasteiger partial charge in [-0.15, -0.1) is 0 Å². The molecule has 3 rings (SSSR count). The summed E-state index contributed by atoms with van der Waals surface area (Å²) in [5.41, 5.74) is 0.336. The van der Waals surface area contributed by atoms with Gasteiger partial charge in [-0.05, 0) is 18.8 Å². The molecule has 0 bridgehead atoms. The number of nitrogens with one attached hydrogen (secondary N) is 2. The first-order valence-corrected chi connectivity index (χ1v) is 5.99. The predicted octanol–water partition coefficient (Wildman–Crippen LogP) is 1.02. The summed E-state index contributed by atoms with van der Waals surface area (Å²) in [5.74, 6) is 1.74. The van der Waals surface area contributed by atoms with Crippen molar-refractivity contribution in [3.05, 3.63) is 22.9 Å². The molecule has 0 radical (unpaired) electrons. The van der Waals surface area contributed by atoms with Crippen LogP contribution in [0.5, 0.6) is 0 Å². The van der Waals surface area contributed by atoms with Crippen LogP contribution in [0, 0.1) is 5.92 Å². The minimum absolute atomic E-state index is 0.257. The van der Waals surface area contributed by atoms with Gasteiger partial charge in [0.1, 0.15) is 12.1 Å². The molecular weight excluding hydrogens is 218 g/mol. The number of hydrogen-bond donors (Lipinski definition) is 2. The minimum Gasteiger partial charge on any atom is -0.370 e. The molecule has 0 amide bonds. The first-order chi connectivity index (χ1) is 8.33. The topological polar surface area (TPSA) is 75.1 Å². The van der Waals surface area contributed by atoms with E-state index in [2.05, 4.69) is 20.5 Å². The highest BCUT2D eigenvalue weighted by atomic mass is 16.1. The van der Waals surface area contributed by atoms with E-state index in [9.17, 15) is 4.79 Å². The Morgan fingerprint density at radius 3 is 3.24 bits per heavy atom. The second-order valence-corrected chi connectivity index (χ2v) is 4.54. The molecule has 2 aromatic heterocycles. The third kappa shape index (κ3) is 2.30. The molecule has 0 saturated heterocycles. The summed E-state index contributed by atoms with van der Waals surface area (Å²) >= 11 is 0. The van der Waals surface area contributed by atoms with Crippen LogP contribution in [0.1, 0.15) is 25.7 Å². The molecule has 1 saturated carbocycles. The first-order valence-electron chi connectivity index (χ1n) is 5.99. The van der Waals surface area contributed by atoms with Gasteiger partial charge in [0.15, 0.2) is 5.65 Å². The molecule has 0 aromatic carbocycles. The van der Waals surface area contributed by atoms with Crippen molar-refractivity contribution in [1.82, 2.24) is 19.6 Å². The Balaban J connectivity index is 1.61. The summed E-state index contributed by atoms with van der Waals surface area (Å²) in [4.78, 5) is 15.4. The molecule has 6 heteroatoms. The zero-order chi connectivity index (χ0) is 11.7. The maximum Gasteiger partial charge on any atom is 0.348 e. The van der Waals surface area contributed by atoms with Crippen molar-refractivity contribution in [2.75, 3.05) is 11.9 Å². The van der Waals surface area contributed by atoms with E-state index in [1.807, 2.05) is 0 Å². The normalized spacial score (nSPS) is 15.3. The largest absolute Gasteiger partial charge is 0.370 e. The lowest BCUT2D eigenvalue weighted by molar-refractivity contribution is 0.686. The van der Waals surface area contributed by atoms with Gasteiger partial charge in [-0.2, -0.15) is 5.10 Å². The van der Waals surface area contributed by atoms with Crippen LogP contribution in [-0.4, -0.2) is 26.1 Å². The molecule has 0 aliphatic heterocycles. The Morgan fingerprint density at radius 1 is 1.53 bits per heavy atom. The van der Waals surface area contributed by atoms with Crippen molar-refractivity contribution < 1.29 is 0 Å². The van der Waals surface area contributed by atoms with Gasteiger partial charge in [0.25, 0.3) is 0 Å². The molecule has 0 unspecified atom stereocenters. The quantitative estimate of drug-likeness (QED) is 0.756. The fourth-order valence-electron chi connectivity index (χ4n) is 1.92. The molecule has 17 heavy (non-hydrogen) atoms. The van der Waals surface area contributed by atoms with E-state index in [0.29, 0.717) is 5.65 Å². The van der Waals surface area contributed by atoms with E-state index >= 15 is 0 Å². The number of nitrogens with zero attached hydrogens (tertiary/aromatic N) is 3. The average molecular weight is 233 g/mol. The summed E-state index contributed by atoms with van der Waals surface area (Å²) in [5, 5.41) is 9.52. The lowest BCUT2D eigenvalue weighted by Crippen LogP contribution is -2.10. The molecule has 2 heterocycles. The Kier molecular flexibility index (Phi) is 2.55. The van der Waals surface area contributed by atoms with Gasteiger partial charge < -0.3 is 5.32 Å². The summed E-state index contributed by atoms with van der Waals surface area (Å²) in [6.45, 7) is 0.925. The lowest BCUT2D eigenvalue weighted by atomic mass is 10.2. The van der Waals surface area contributed by atoms with Crippen LogP contribution in [0.15, 0.2) is 17.2 Å². The molecule has 1 fully saturated rings. The van der Waals surface area contributed by atoms with Crippen LogP contribution in [0.3, 0.4) is 0 Å². The van der Waals surface area contributed by atoms with Crippen LogP contribution in [0.4, 0.5) is 5.82 Å². The Morgan fingerprint density at radius 2 is 2.41 bits per heavy atom. The van der Waals surface area contributed by atoms with Crippen molar-refractivity contribution in [3.8, 4) is 0 Å². The third-order valence-corrected chi connectivity index (χ3v) is 3.10. The van der Waals surface area contributed by atoms with Gasteiger partial charge in [-0.1, -0.05) is 12.8 Å². The van der Waals surface area contributed by atoms with Crippen molar-refractivity contribution in [3.63, 3.8) is 0 Å². The smallest absolute Gasteiger partial charge is 0.348 e. The summed E-state index contributed by atoms with van der Waals surface area (Å²) < 4.78 is 1.38. The molecule has 90 valence electrons. The lowest BCUT2D eigenvalue weighted by Gasteiger charge is -2.04. The van der Waals surface area contributed by atoms with Crippen molar-refractivity contribution in [1.29, 1.82) is 0 Å². The van der Waals surface area contributed by atoms with E-state index < -0.39 is 0 Å². The Hall–Kier alpha value is -1.85. The highest BCUT2D eigenvalue weighted by Gasteiger charge is 2.19. The van der Waals surface area contributed by atoms with Crippen molar-refractivity contribution in [2.24, 2.45) is 5.92 Å². The monoisotopic (exact) mass is 233 g/mol. The summed E-state index contributed by atoms with van der Waals surface area (Å²) in [6, 6.07) is 1.77. The van der Waals surface area contributed by atoms with Gasteiger partial charge in [-0.25, -0.2) is 19.3 Å². The SMILES string of the molecule is O=c1[nH]nc2cc(NCCCC3CC3)ncn12. The number of hydrogen-bond acceptors (Lipinski definition) is 4. The zero-order valence-corrected chi connectivity index (χ0v) is 9.52. The first kappa shape index (κ1) is 10.3. The number of anilines is 1. The molecule has 1 aliphatic rings. The van der Waals surface area contributed by atoms with Gasteiger partial charge in [0.05, 0.1) is 0 Å². The maximum absolute atomic E-state index is 11.2. The van der Waals surface area contributed by atoms with Gasteiger partial charge in [0, 0.05) is 12.6 Å². The Labute approximate surface area is 98.1 Å². The minimum atomic E-state index is -0.257. The van der Waals surface area contributed by atoms with Crippen LogP contribution in [0.25, 0.3) is 5.65 Å². The van der Waals surface area contributed by atoms with Gasteiger partial charge in [-0.3, -0.25) is 0 Å². The second kappa shape index (κ2) is 4.20. The molecule has 1 aliphatic carbocycles. The van der Waals surface area contributed by atoms with Crippen LogP contribution in [0.2, 0.25) is 0 Å². The van der Waals surface area contributed by atoms with Crippen molar-refractivity contribution in [2.45, 2.75) is 25.7 Å². The fraction of sp³-hybridized carbons (Fsp3) is 0.545. The molecule has 2 N–H and O–H groups in total. The number of aromatic nitrogens is 4. The Bertz CT molecular complexity index is 568. The van der Waals surface area contributed by atoms with Crippen molar-refractivity contribution >= 4 is 11.5 Å². The van der Waals surface area contributed by atoms with E-state index in [1.54, 1.807) is 6.07 Å². The molecule has 2 aromatic rings. The maximum atomic E-state index is 11.2. The van der Waals surface area contributed by atoms with Crippen LogP contribution in [-0.2, 0) is 0 Å². The predicted molar refractivity (Wildman–Crippen MR) is 64.1 cm³/mol. The fourth-order valence-corrected chi connectivity index (χ4v) is 1.92. The highest BCUT2D eigenvalue weighted by molar-refractivity contribution is 5.48. The number of H-pyrrole nitrogens is 1. The number of rotatable bonds is 5. The molecule has 6 nitrogen and oxygen atoms in total. The summed E-state index contributed by atoms with van der Waals surface area (Å²) in [6.07, 6.45) is 6.77. The average Bonchev–Trinajstić information content (AvgIpc) is 3.10. The third-order valence-electron chi connectivity index (χ3n) is 3.10. The van der Waals surface area contributed by atoms with Crippen LogP contribution >= 0.6 is 0 Å². The van der Waals surface area contributed by atoms with E-state index in [0.717, 1.165) is 18.3 Å². The molecular formula is C11H15N5O. The van der Waals surface area contributed by atoms with E-state index in [-0.39, 0.29) is 5.69 Å². The zero-order valence-electron chi connectivity index (χ0n) is 9.52. The van der Waals surface area contributed by atoms with E-state index in [4.69, 9.17) is 0 Å². The summed E-state index contributed by atoms with van der Waals surface area (Å²) in [7, 11) is 0. The highest BCUT2D eigenvalue weighted by Crippen LogP contribution is 2.33. The standard InChI is InChI=1S/C11H15N5O/c17-11-15-14-10-6-9(13-7-16(10)11)12-5-1-2-8-3-4-8/h6-8,12H,1-5H2,(H,15,17).